The fourth-order valence-corrected chi connectivity index (χ4v) is 2.88. The van der Waals surface area contributed by atoms with E-state index in [-0.39, 0.29) is 23.7 Å². The summed E-state index contributed by atoms with van der Waals surface area (Å²) in [7, 11) is 0. The summed E-state index contributed by atoms with van der Waals surface area (Å²) < 4.78 is 5.35. The summed E-state index contributed by atoms with van der Waals surface area (Å²) in [5.74, 6) is 1.11. The second-order valence-electron chi connectivity index (χ2n) is 6.49. The summed E-state index contributed by atoms with van der Waals surface area (Å²) in [6.07, 6.45) is 4.52. The van der Waals surface area contributed by atoms with Crippen LogP contribution in [-0.2, 0) is 11.3 Å². The van der Waals surface area contributed by atoms with Crippen LogP contribution in [0.15, 0.2) is 47.1 Å². The number of rotatable bonds is 8. The van der Waals surface area contributed by atoms with Crippen molar-refractivity contribution in [1.82, 2.24) is 10.6 Å². The number of hydrogen-bond acceptors (Lipinski definition) is 3. The fraction of sp³-hybridized carbons (Fsp3) is 0.400. The van der Waals surface area contributed by atoms with Crippen LogP contribution in [-0.4, -0.2) is 18.4 Å². The zero-order valence-corrected chi connectivity index (χ0v) is 14.5. The molecule has 132 valence electrons. The topological polar surface area (TPSA) is 71.3 Å². The van der Waals surface area contributed by atoms with Crippen molar-refractivity contribution in [3.63, 3.8) is 0 Å². The summed E-state index contributed by atoms with van der Waals surface area (Å²) in [4.78, 5) is 24.1. The van der Waals surface area contributed by atoms with Gasteiger partial charge in [-0.05, 0) is 42.7 Å². The van der Waals surface area contributed by atoms with Gasteiger partial charge in [0.15, 0.2) is 0 Å². The minimum Gasteiger partial charge on any atom is -0.469 e. The van der Waals surface area contributed by atoms with Crippen molar-refractivity contribution < 1.29 is 14.0 Å². The van der Waals surface area contributed by atoms with E-state index >= 15 is 0 Å². The van der Waals surface area contributed by atoms with Crippen molar-refractivity contribution in [3.05, 3.63) is 59.5 Å². The van der Waals surface area contributed by atoms with E-state index in [9.17, 15) is 9.59 Å². The second kappa shape index (κ2) is 8.01. The van der Waals surface area contributed by atoms with E-state index in [4.69, 9.17) is 4.42 Å². The summed E-state index contributed by atoms with van der Waals surface area (Å²) >= 11 is 0. The van der Waals surface area contributed by atoms with E-state index in [0.29, 0.717) is 18.7 Å². The van der Waals surface area contributed by atoms with Crippen molar-refractivity contribution in [1.29, 1.82) is 0 Å². The van der Waals surface area contributed by atoms with E-state index in [1.165, 1.54) is 0 Å². The van der Waals surface area contributed by atoms with Crippen LogP contribution in [0.25, 0.3) is 0 Å². The number of unbranched alkanes of at least 4 members (excludes halogenated alkanes) is 1. The minimum atomic E-state index is -0.0525. The molecule has 2 unspecified atom stereocenters. The van der Waals surface area contributed by atoms with Crippen LogP contribution in [0, 0.1) is 5.92 Å². The summed E-state index contributed by atoms with van der Waals surface area (Å²) in [5, 5.41) is 5.86. The maximum atomic E-state index is 12.2. The number of carbonyl (C=O) groups is 2. The zero-order chi connectivity index (χ0) is 17.6. The number of carbonyl (C=O) groups excluding carboxylic acids is 2. The van der Waals surface area contributed by atoms with Gasteiger partial charge in [-0.15, -0.1) is 0 Å². The average Bonchev–Trinajstić information content (AvgIpc) is 3.25. The van der Waals surface area contributed by atoms with Crippen LogP contribution in [0.2, 0.25) is 0 Å². The van der Waals surface area contributed by atoms with Crippen molar-refractivity contribution in [3.8, 4) is 0 Å². The Morgan fingerprint density at radius 1 is 1.16 bits per heavy atom. The lowest BCUT2D eigenvalue weighted by Crippen LogP contribution is -2.25. The highest BCUT2D eigenvalue weighted by atomic mass is 16.3. The maximum absolute atomic E-state index is 12.2. The van der Waals surface area contributed by atoms with Crippen LogP contribution in [0.4, 0.5) is 0 Å². The third kappa shape index (κ3) is 4.50. The molecular weight excluding hydrogens is 316 g/mol. The van der Waals surface area contributed by atoms with Crippen LogP contribution in [0.5, 0.6) is 0 Å². The zero-order valence-electron chi connectivity index (χ0n) is 14.5. The number of nitrogens with one attached hydrogen (secondary N) is 2. The van der Waals surface area contributed by atoms with Crippen molar-refractivity contribution >= 4 is 11.8 Å². The van der Waals surface area contributed by atoms with Gasteiger partial charge < -0.3 is 15.1 Å². The predicted octanol–water partition coefficient (Wildman–Crippen LogP) is 3.23. The number of hydrogen-bond donors (Lipinski definition) is 2. The molecule has 1 aromatic carbocycles. The lowest BCUT2D eigenvalue weighted by Gasteiger charge is -2.07. The van der Waals surface area contributed by atoms with Gasteiger partial charge in [0, 0.05) is 30.5 Å². The van der Waals surface area contributed by atoms with Gasteiger partial charge in [0.25, 0.3) is 5.91 Å². The second-order valence-corrected chi connectivity index (χ2v) is 6.49. The lowest BCUT2D eigenvalue weighted by molar-refractivity contribution is -0.122. The standard InChI is InChI=1S/C20H24N2O3/c1-2-3-10-21-19(23)15-8-6-14(7-9-15)13-22-20(24)17-12-16(17)18-5-4-11-25-18/h4-9,11,16-17H,2-3,10,12-13H2,1H3,(H,21,23)(H,22,24). The molecule has 0 bridgehead atoms. The largest absolute Gasteiger partial charge is 0.469 e. The smallest absolute Gasteiger partial charge is 0.251 e. The molecule has 0 aliphatic heterocycles. The number of amides is 2. The van der Waals surface area contributed by atoms with E-state index in [2.05, 4.69) is 17.6 Å². The van der Waals surface area contributed by atoms with Crippen molar-refractivity contribution in [2.45, 2.75) is 38.6 Å². The molecule has 1 heterocycles. The Hall–Kier alpha value is -2.56. The Morgan fingerprint density at radius 2 is 1.96 bits per heavy atom. The summed E-state index contributed by atoms with van der Waals surface area (Å²) in [6.45, 7) is 3.26. The minimum absolute atomic E-state index is 0.00904. The highest BCUT2D eigenvalue weighted by molar-refractivity contribution is 5.94. The Kier molecular flexibility index (Phi) is 5.53. The van der Waals surface area contributed by atoms with Crippen molar-refractivity contribution in [2.24, 2.45) is 5.92 Å². The van der Waals surface area contributed by atoms with E-state index in [0.717, 1.165) is 30.6 Å². The van der Waals surface area contributed by atoms with E-state index in [1.54, 1.807) is 18.4 Å². The van der Waals surface area contributed by atoms with Gasteiger partial charge in [0.05, 0.1) is 6.26 Å². The third-order valence-electron chi connectivity index (χ3n) is 4.53. The van der Waals surface area contributed by atoms with Gasteiger partial charge in [-0.2, -0.15) is 0 Å². The first-order chi connectivity index (χ1) is 12.2. The molecule has 2 aromatic rings. The average molecular weight is 340 g/mol. The van der Waals surface area contributed by atoms with Crippen LogP contribution in [0.3, 0.4) is 0 Å². The highest BCUT2D eigenvalue weighted by Gasteiger charge is 2.45. The summed E-state index contributed by atoms with van der Waals surface area (Å²) in [6, 6.07) is 11.1. The molecule has 5 nitrogen and oxygen atoms in total. The van der Waals surface area contributed by atoms with Crippen LogP contribution >= 0.6 is 0 Å². The first-order valence-electron chi connectivity index (χ1n) is 8.87. The van der Waals surface area contributed by atoms with E-state index < -0.39 is 0 Å². The molecule has 1 fully saturated rings. The van der Waals surface area contributed by atoms with E-state index in [1.807, 2.05) is 24.3 Å². The van der Waals surface area contributed by atoms with Crippen LogP contribution in [0.1, 0.15) is 53.8 Å². The Bertz CT molecular complexity index is 707. The molecule has 5 heteroatoms. The SMILES string of the molecule is CCCCNC(=O)c1ccc(CNC(=O)C2CC2c2ccco2)cc1. The Labute approximate surface area is 147 Å². The monoisotopic (exact) mass is 340 g/mol. The Morgan fingerprint density at radius 3 is 2.64 bits per heavy atom. The molecule has 2 amide bonds. The summed E-state index contributed by atoms with van der Waals surface area (Å²) in [5.41, 5.74) is 1.62. The third-order valence-corrected chi connectivity index (χ3v) is 4.53. The molecule has 1 aliphatic rings. The quantitative estimate of drug-likeness (QED) is 0.725. The van der Waals surface area contributed by atoms with Gasteiger partial charge in [0.1, 0.15) is 5.76 Å². The van der Waals surface area contributed by atoms with Crippen molar-refractivity contribution in [2.75, 3.05) is 6.54 Å². The number of benzene rings is 1. The molecule has 2 atom stereocenters. The molecule has 25 heavy (non-hydrogen) atoms. The number of furan rings is 1. The molecule has 1 aliphatic carbocycles. The molecule has 1 saturated carbocycles. The highest BCUT2D eigenvalue weighted by Crippen LogP contribution is 2.47. The normalized spacial score (nSPS) is 18.6. The predicted molar refractivity (Wildman–Crippen MR) is 95.1 cm³/mol. The van der Waals surface area contributed by atoms with Gasteiger partial charge in [-0.25, -0.2) is 0 Å². The van der Waals surface area contributed by atoms with Gasteiger partial charge in [0.2, 0.25) is 5.91 Å². The van der Waals surface area contributed by atoms with Gasteiger partial charge >= 0.3 is 0 Å². The Balaban J connectivity index is 1.44. The maximum Gasteiger partial charge on any atom is 0.251 e. The molecule has 0 radical (unpaired) electrons. The molecule has 3 rings (SSSR count). The molecule has 0 saturated heterocycles. The molecule has 0 spiro atoms. The van der Waals surface area contributed by atoms with Gasteiger partial charge in [-0.1, -0.05) is 25.5 Å². The molecule has 2 N–H and O–H groups in total. The first-order valence-corrected chi connectivity index (χ1v) is 8.87. The van der Waals surface area contributed by atoms with Gasteiger partial charge in [-0.3, -0.25) is 9.59 Å². The fourth-order valence-electron chi connectivity index (χ4n) is 2.88. The molecule has 1 aromatic heterocycles. The molecular formula is C20H24N2O3. The van der Waals surface area contributed by atoms with Crippen LogP contribution < -0.4 is 10.6 Å². The first kappa shape index (κ1) is 17.3. The lowest BCUT2D eigenvalue weighted by atomic mass is 10.1.